The van der Waals surface area contributed by atoms with Crippen LogP contribution < -0.4 is 4.90 Å². The van der Waals surface area contributed by atoms with Gasteiger partial charge in [-0.25, -0.2) is 0 Å². The van der Waals surface area contributed by atoms with E-state index in [2.05, 4.69) is 4.40 Å². The number of hydrogen-bond acceptors (Lipinski definition) is 4. The Morgan fingerprint density at radius 3 is 2.07 bits per heavy atom. The number of para-hydroxylation sites is 1. The molecular formula is C21H18N2O2S2. The number of sulfonamides is 1. The summed E-state index contributed by atoms with van der Waals surface area (Å²) in [7, 11) is -3.70. The van der Waals surface area contributed by atoms with Crippen LogP contribution in [0.2, 0.25) is 0 Å². The summed E-state index contributed by atoms with van der Waals surface area (Å²) in [5.74, 6) is 0.655. The van der Waals surface area contributed by atoms with Gasteiger partial charge < -0.3 is 4.90 Å². The van der Waals surface area contributed by atoms with Crippen LogP contribution in [0.25, 0.3) is 0 Å². The van der Waals surface area contributed by atoms with Crippen molar-refractivity contribution >= 4 is 32.6 Å². The van der Waals surface area contributed by atoms with Gasteiger partial charge in [0.25, 0.3) is 10.0 Å². The molecule has 0 spiro atoms. The van der Waals surface area contributed by atoms with Gasteiger partial charge in [0, 0.05) is 5.75 Å². The smallest absolute Gasteiger partial charge is 0.286 e. The van der Waals surface area contributed by atoms with E-state index in [1.165, 1.54) is 11.8 Å². The van der Waals surface area contributed by atoms with E-state index in [4.69, 9.17) is 0 Å². The van der Waals surface area contributed by atoms with Crippen molar-refractivity contribution < 1.29 is 8.42 Å². The highest BCUT2D eigenvalue weighted by atomic mass is 32.2. The highest BCUT2D eigenvalue weighted by Crippen LogP contribution is 2.35. The topological polar surface area (TPSA) is 49.7 Å². The van der Waals surface area contributed by atoms with Crippen LogP contribution >= 0.6 is 11.8 Å². The number of amidine groups is 1. The summed E-state index contributed by atoms with van der Waals surface area (Å²) in [6.07, 6.45) is 0. The fourth-order valence-corrected chi connectivity index (χ4v) is 5.36. The summed E-state index contributed by atoms with van der Waals surface area (Å²) in [5, 5.41) is 0.501. The molecule has 0 fully saturated rings. The van der Waals surface area contributed by atoms with Gasteiger partial charge >= 0.3 is 0 Å². The molecule has 1 aliphatic rings. The first kappa shape index (κ1) is 17.8. The molecule has 4 rings (SSSR count). The second-order valence-electron chi connectivity index (χ2n) is 6.16. The van der Waals surface area contributed by atoms with Crippen LogP contribution in [-0.2, 0) is 22.3 Å². The normalized spacial score (nSPS) is 15.1. The third-order valence-electron chi connectivity index (χ3n) is 4.26. The zero-order valence-electron chi connectivity index (χ0n) is 14.5. The summed E-state index contributed by atoms with van der Waals surface area (Å²) in [6, 6.07) is 27.0. The molecule has 0 amide bonds. The predicted octanol–water partition coefficient (Wildman–Crippen LogP) is 4.68. The SMILES string of the molecule is O=S1(=O)N=C(SCc2ccccc2)N(Cc2ccccc2)c2ccccc21. The first-order chi connectivity index (χ1) is 13.1. The minimum absolute atomic E-state index is 0.255. The van der Waals surface area contributed by atoms with Crippen molar-refractivity contribution in [3.8, 4) is 0 Å². The monoisotopic (exact) mass is 394 g/mol. The van der Waals surface area contributed by atoms with E-state index in [1.807, 2.05) is 77.7 Å². The molecule has 0 N–H and O–H groups in total. The van der Waals surface area contributed by atoms with Crippen LogP contribution in [-0.4, -0.2) is 13.6 Å². The Hall–Kier alpha value is -2.57. The highest BCUT2D eigenvalue weighted by molar-refractivity contribution is 8.14. The maximum Gasteiger partial charge on any atom is 0.286 e. The minimum Gasteiger partial charge on any atom is -0.315 e. The van der Waals surface area contributed by atoms with Gasteiger partial charge in [-0.1, -0.05) is 84.6 Å². The van der Waals surface area contributed by atoms with Crippen LogP contribution in [0, 0.1) is 0 Å². The van der Waals surface area contributed by atoms with E-state index in [-0.39, 0.29) is 4.90 Å². The molecule has 27 heavy (non-hydrogen) atoms. The maximum absolute atomic E-state index is 12.7. The van der Waals surface area contributed by atoms with E-state index in [1.54, 1.807) is 12.1 Å². The standard InChI is InChI=1S/C21H18N2O2S2/c24-27(25)20-14-8-7-13-19(20)23(15-17-9-3-1-4-10-17)21(22-27)26-16-18-11-5-2-6-12-18/h1-14H,15-16H2. The van der Waals surface area contributed by atoms with Gasteiger partial charge in [-0.2, -0.15) is 8.42 Å². The molecule has 0 radical (unpaired) electrons. The Labute approximate surface area is 163 Å². The van der Waals surface area contributed by atoms with E-state index < -0.39 is 10.0 Å². The Balaban J connectivity index is 1.70. The van der Waals surface area contributed by atoms with Crippen LogP contribution in [0.15, 0.2) is 94.2 Å². The van der Waals surface area contributed by atoms with E-state index >= 15 is 0 Å². The molecule has 0 aromatic heterocycles. The molecule has 0 unspecified atom stereocenters. The summed E-state index contributed by atoms with van der Waals surface area (Å²) in [5.41, 5.74) is 2.90. The summed E-state index contributed by atoms with van der Waals surface area (Å²) < 4.78 is 29.5. The molecular weight excluding hydrogens is 376 g/mol. The van der Waals surface area contributed by atoms with Crippen molar-refractivity contribution in [1.29, 1.82) is 0 Å². The third kappa shape index (κ3) is 3.91. The van der Waals surface area contributed by atoms with Gasteiger partial charge in [0.15, 0.2) is 5.17 Å². The van der Waals surface area contributed by atoms with Crippen molar-refractivity contribution in [2.45, 2.75) is 17.2 Å². The first-order valence-corrected chi connectivity index (χ1v) is 11.0. The van der Waals surface area contributed by atoms with Crippen molar-refractivity contribution in [1.82, 2.24) is 0 Å². The maximum atomic E-state index is 12.7. The number of thioether (sulfide) groups is 1. The Bertz CT molecular complexity index is 1070. The fraction of sp³-hybridized carbons (Fsp3) is 0.0952. The highest BCUT2D eigenvalue weighted by Gasteiger charge is 2.30. The molecule has 3 aromatic rings. The molecule has 4 nitrogen and oxygen atoms in total. The predicted molar refractivity (Wildman–Crippen MR) is 111 cm³/mol. The van der Waals surface area contributed by atoms with Crippen LogP contribution in [0.4, 0.5) is 5.69 Å². The van der Waals surface area contributed by atoms with Gasteiger partial charge in [-0.15, -0.1) is 4.40 Å². The van der Waals surface area contributed by atoms with Crippen LogP contribution in [0.3, 0.4) is 0 Å². The van der Waals surface area contributed by atoms with Crippen LogP contribution in [0.1, 0.15) is 11.1 Å². The lowest BCUT2D eigenvalue weighted by Crippen LogP contribution is -2.33. The Kier molecular flexibility index (Phi) is 5.01. The molecule has 1 heterocycles. The average Bonchev–Trinajstić information content (AvgIpc) is 2.70. The zero-order valence-corrected chi connectivity index (χ0v) is 16.2. The molecule has 6 heteroatoms. The van der Waals surface area contributed by atoms with Crippen LogP contribution in [0.5, 0.6) is 0 Å². The number of benzene rings is 3. The van der Waals surface area contributed by atoms with E-state index in [9.17, 15) is 8.42 Å². The summed E-state index contributed by atoms with van der Waals surface area (Å²) in [6.45, 7) is 0.563. The summed E-state index contributed by atoms with van der Waals surface area (Å²) in [4.78, 5) is 2.24. The molecule has 136 valence electrons. The van der Waals surface area contributed by atoms with Gasteiger partial charge in [0.1, 0.15) is 4.90 Å². The van der Waals surface area contributed by atoms with E-state index in [0.29, 0.717) is 23.2 Å². The number of nitrogens with zero attached hydrogens (tertiary/aromatic N) is 2. The van der Waals surface area contributed by atoms with Gasteiger partial charge in [0.2, 0.25) is 0 Å². The van der Waals surface area contributed by atoms with Crippen molar-refractivity contribution in [2.75, 3.05) is 4.90 Å². The van der Waals surface area contributed by atoms with Crippen molar-refractivity contribution in [3.63, 3.8) is 0 Å². The van der Waals surface area contributed by atoms with E-state index in [0.717, 1.165) is 11.1 Å². The summed E-state index contributed by atoms with van der Waals surface area (Å²) >= 11 is 1.44. The lowest BCUT2D eigenvalue weighted by atomic mass is 10.2. The lowest BCUT2D eigenvalue weighted by molar-refractivity contribution is 0.597. The largest absolute Gasteiger partial charge is 0.315 e. The number of fused-ring (bicyclic) bond motifs is 1. The number of anilines is 1. The molecule has 3 aromatic carbocycles. The van der Waals surface area contributed by atoms with Crippen molar-refractivity contribution in [3.05, 3.63) is 96.1 Å². The molecule has 0 saturated carbocycles. The van der Waals surface area contributed by atoms with Gasteiger partial charge in [-0.3, -0.25) is 0 Å². The Morgan fingerprint density at radius 1 is 0.778 bits per heavy atom. The molecule has 0 bridgehead atoms. The van der Waals surface area contributed by atoms with Gasteiger partial charge in [0.05, 0.1) is 12.2 Å². The quantitative estimate of drug-likeness (QED) is 0.644. The third-order valence-corrected chi connectivity index (χ3v) is 6.73. The molecule has 0 saturated heterocycles. The molecule has 1 aliphatic heterocycles. The zero-order chi connectivity index (χ0) is 18.7. The second-order valence-corrected chi connectivity index (χ2v) is 8.68. The minimum atomic E-state index is -3.70. The first-order valence-electron chi connectivity index (χ1n) is 8.56. The Morgan fingerprint density at radius 2 is 1.37 bits per heavy atom. The van der Waals surface area contributed by atoms with Crippen molar-refractivity contribution in [2.24, 2.45) is 4.40 Å². The lowest BCUT2D eigenvalue weighted by Gasteiger charge is -2.30. The fourth-order valence-electron chi connectivity index (χ4n) is 2.95. The number of hydrogen-bond donors (Lipinski definition) is 0. The number of rotatable bonds is 4. The average molecular weight is 395 g/mol. The molecule has 0 aliphatic carbocycles. The molecule has 0 atom stereocenters. The van der Waals surface area contributed by atoms with Gasteiger partial charge in [-0.05, 0) is 23.3 Å². The second kappa shape index (κ2) is 7.58.